The molecule has 1 aromatic carbocycles. The number of para-hydroxylation sites is 1. The molecule has 134 valence electrons. The van der Waals surface area contributed by atoms with Gasteiger partial charge in [0.15, 0.2) is 0 Å². The molecule has 0 bridgehead atoms. The number of piperazine rings is 1. The van der Waals surface area contributed by atoms with Crippen LogP contribution in [-0.2, 0) is 11.2 Å². The monoisotopic (exact) mass is 344 g/mol. The highest BCUT2D eigenvalue weighted by Gasteiger charge is 2.20. The van der Waals surface area contributed by atoms with Crippen molar-refractivity contribution in [3.05, 3.63) is 40.4 Å². The summed E-state index contributed by atoms with van der Waals surface area (Å²) in [6, 6.07) is 7.26. The van der Waals surface area contributed by atoms with Crippen molar-refractivity contribution in [3.8, 4) is 0 Å². The quantitative estimate of drug-likeness (QED) is 0.791. The van der Waals surface area contributed by atoms with Crippen molar-refractivity contribution in [2.24, 2.45) is 0 Å². The number of carbonyl (C=O) groups excluding carboxylic acids is 1. The Balaban J connectivity index is 1.50. The molecule has 7 nitrogen and oxygen atoms in total. The van der Waals surface area contributed by atoms with Crippen LogP contribution in [0.2, 0.25) is 0 Å². The molecule has 2 N–H and O–H groups in total. The first-order valence-corrected chi connectivity index (χ1v) is 8.76. The fourth-order valence-electron chi connectivity index (χ4n) is 3.18. The van der Waals surface area contributed by atoms with E-state index >= 15 is 0 Å². The normalized spacial score (nSPS) is 15.6. The third-order valence-corrected chi connectivity index (χ3v) is 4.61. The minimum atomic E-state index is -0.132. The predicted octanol–water partition coefficient (Wildman–Crippen LogP) is 0.382. The van der Waals surface area contributed by atoms with E-state index < -0.39 is 0 Å². The summed E-state index contributed by atoms with van der Waals surface area (Å²) in [6.07, 6.45) is 1.70. The number of nitrogens with zero attached hydrogens (tertiary/aromatic N) is 3. The SMILES string of the molecule is O=C(CCCc1nc2ccccc2c(=O)[nH]1)N1CCN(CCO)CC1. The van der Waals surface area contributed by atoms with Gasteiger partial charge < -0.3 is 15.0 Å². The van der Waals surface area contributed by atoms with Gasteiger partial charge in [0, 0.05) is 45.6 Å². The first-order valence-electron chi connectivity index (χ1n) is 8.76. The topological polar surface area (TPSA) is 89.5 Å². The van der Waals surface area contributed by atoms with Crippen LogP contribution in [0.3, 0.4) is 0 Å². The molecular weight excluding hydrogens is 320 g/mol. The molecule has 0 saturated carbocycles. The molecule has 1 aromatic heterocycles. The highest BCUT2D eigenvalue weighted by Crippen LogP contribution is 2.09. The van der Waals surface area contributed by atoms with Gasteiger partial charge in [-0.25, -0.2) is 4.98 Å². The van der Waals surface area contributed by atoms with E-state index in [-0.39, 0.29) is 18.1 Å². The number of aryl methyl sites for hydroxylation is 1. The molecule has 2 aromatic rings. The average Bonchev–Trinajstić information content (AvgIpc) is 2.62. The lowest BCUT2D eigenvalue weighted by atomic mass is 10.2. The molecule has 0 spiro atoms. The zero-order chi connectivity index (χ0) is 17.6. The number of H-pyrrole nitrogens is 1. The van der Waals surface area contributed by atoms with Gasteiger partial charge in [0.2, 0.25) is 5.91 Å². The summed E-state index contributed by atoms with van der Waals surface area (Å²) in [4.78, 5) is 35.6. The van der Waals surface area contributed by atoms with E-state index in [4.69, 9.17) is 5.11 Å². The van der Waals surface area contributed by atoms with Crippen molar-refractivity contribution in [3.63, 3.8) is 0 Å². The molecule has 0 atom stereocenters. The van der Waals surface area contributed by atoms with Gasteiger partial charge in [-0.1, -0.05) is 12.1 Å². The van der Waals surface area contributed by atoms with Gasteiger partial charge in [0.1, 0.15) is 5.82 Å². The Morgan fingerprint density at radius 2 is 1.96 bits per heavy atom. The maximum atomic E-state index is 12.3. The van der Waals surface area contributed by atoms with Gasteiger partial charge in [0.05, 0.1) is 17.5 Å². The average molecular weight is 344 g/mol. The Morgan fingerprint density at radius 3 is 2.72 bits per heavy atom. The number of aliphatic hydroxyl groups is 1. The van der Waals surface area contributed by atoms with Crippen molar-refractivity contribution in [2.45, 2.75) is 19.3 Å². The maximum absolute atomic E-state index is 12.3. The van der Waals surface area contributed by atoms with Crippen LogP contribution in [0.15, 0.2) is 29.1 Å². The molecule has 3 rings (SSSR count). The van der Waals surface area contributed by atoms with Crippen LogP contribution in [0.1, 0.15) is 18.7 Å². The molecule has 25 heavy (non-hydrogen) atoms. The standard InChI is InChI=1S/C18H24N4O3/c23-13-12-21-8-10-22(11-9-21)17(24)7-3-6-16-19-15-5-2-1-4-14(15)18(25)20-16/h1-2,4-5,23H,3,6-13H2,(H,19,20,25). The van der Waals surface area contributed by atoms with Crippen LogP contribution in [0.4, 0.5) is 0 Å². The van der Waals surface area contributed by atoms with Crippen LogP contribution in [0.5, 0.6) is 0 Å². The van der Waals surface area contributed by atoms with Crippen molar-refractivity contribution in [2.75, 3.05) is 39.3 Å². The van der Waals surface area contributed by atoms with Crippen molar-refractivity contribution >= 4 is 16.8 Å². The van der Waals surface area contributed by atoms with Gasteiger partial charge in [-0.15, -0.1) is 0 Å². The Labute approximate surface area is 146 Å². The molecule has 7 heteroatoms. The smallest absolute Gasteiger partial charge is 0.258 e. The number of hydrogen-bond donors (Lipinski definition) is 2. The van der Waals surface area contributed by atoms with Crippen LogP contribution in [0.25, 0.3) is 10.9 Å². The lowest BCUT2D eigenvalue weighted by Crippen LogP contribution is -2.49. The summed E-state index contributed by atoms with van der Waals surface area (Å²) in [5.74, 6) is 0.774. The molecule has 1 fully saturated rings. The number of aliphatic hydroxyl groups excluding tert-OH is 1. The molecular formula is C18H24N4O3. The number of aromatic amines is 1. The second kappa shape index (κ2) is 8.22. The minimum absolute atomic E-state index is 0.132. The van der Waals surface area contributed by atoms with Gasteiger partial charge in [0.25, 0.3) is 5.56 Å². The first-order chi connectivity index (χ1) is 12.2. The van der Waals surface area contributed by atoms with Gasteiger partial charge >= 0.3 is 0 Å². The van der Waals surface area contributed by atoms with E-state index in [0.717, 1.165) is 13.1 Å². The van der Waals surface area contributed by atoms with Crippen LogP contribution < -0.4 is 5.56 Å². The van der Waals surface area contributed by atoms with E-state index in [1.165, 1.54) is 0 Å². The second-order valence-corrected chi connectivity index (χ2v) is 6.33. The number of amides is 1. The number of rotatable bonds is 6. The number of benzene rings is 1. The summed E-state index contributed by atoms with van der Waals surface area (Å²) in [5.41, 5.74) is 0.555. The highest BCUT2D eigenvalue weighted by atomic mass is 16.3. The van der Waals surface area contributed by atoms with E-state index in [1.54, 1.807) is 6.07 Å². The number of carbonyl (C=O) groups is 1. The van der Waals surface area contributed by atoms with Crippen molar-refractivity contribution in [1.82, 2.24) is 19.8 Å². The number of aromatic nitrogens is 2. The van der Waals surface area contributed by atoms with Gasteiger partial charge in [-0.3, -0.25) is 14.5 Å². The summed E-state index contributed by atoms with van der Waals surface area (Å²) in [6.45, 7) is 3.87. The van der Waals surface area contributed by atoms with Crippen LogP contribution >= 0.6 is 0 Å². The Bertz CT molecular complexity index is 781. The number of nitrogens with one attached hydrogen (secondary N) is 1. The second-order valence-electron chi connectivity index (χ2n) is 6.33. The lowest BCUT2D eigenvalue weighted by Gasteiger charge is -2.34. The molecule has 1 aliphatic rings. The predicted molar refractivity (Wildman–Crippen MR) is 95.4 cm³/mol. The minimum Gasteiger partial charge on any atom is -0.395 e. The van der Waals surface area contributed by atoms with E-state index in [1.807, 2.05) is 23.1 Å². The fourth-order valence-corrected chi connectivity index (χ4v) is 3.18. The van der Waals surface area contributed by atoms with Gasteiger partial charge in [-0.2, -0.15) is 0 Å². The van der Waals surface area contributed by atoms with Gasteiger partial charge in [-0.05, 0) is 18.6 Å². The zero-order valence-corrected chi connectivity index (χ0v) is 14.3. The molecule has 1 aliphatic heterocycles. The van der Waals surface area contributed by atoms with Crippen molar-refractivity contribution < 1.29 is 9.90 Å². The molecule has 0 unspecified atom stereocenters. The number of fused-ring (bicyclic) bond motifs is 1. The Morgan fingerprint density at radius 1 is 1.20 bits per heavy atom. The first kappa shape index (κ1) is 17.6. The summed E-state index contributed by atoms with van der Waals surface area (Å²) in [7, 11) is 0. The maximum Gasteiger partial charge on any atom is 0.258 e. The third kappa shape index (κ3) is 4.43. The van der Waals surface area contributed by atoms with Crippen LogP contribution in [0, 0.1) is 0 Å². The summed E-state index contributed by atoms with van der Waals surface area (Å²) < 4.78 is 0. The lowest BCUT2D eigenvalue weighted by molar-refractivity contribution is -0.133. The molecule has 1 amide bonds. The van der Waals surface area contributed by atoms with E-state index in [2.05, 4.69) is 14.9 Å². The largest absolute Gasteiger partial charge is 0.395 e. The third-order valence-electron chi connectivity index (χ3n) is 4.61. The molecule has 2 heterocycles. The summed E-state index contributed by atoms with van der Waals surface area (Å²) >= 11 is 0. The summed E-state index contributed by atoms with van der Waals surface area (Å²) in [5, 5.41) is 9.54. The van der Waals surface area contributed by atoms with Crippen molar-refractivity contribution in [1.29, 1.82) is 0 Å². The molecule has 0 radical (unpaired) electrons. The Kier molecular flexibility index (Phi) is 5.78. The van der Waals surface area contributed by atoms with E-state index in [0.29, 0.717) is 55.6 Å². The number of β-amino-alcohol motifs (C(OH)–C–C–N with tert-alkyl or cyclic N) is 1. The van der Waals surface area contributed by atoms with E-state index in [9.17, 15) is 9.59 Å². The molecule has 0 aliphatic carbocycles. The highest BCUT2D eigenvalue weighted by molar-refractivity contribution is 5.77. The number of hydrogen-bond acceptors (Lipinski definition) is 5. The van der Waals surface area contributed by atoms with Crippen LogP contribution in [-0.4, -0.2) is 70.1 Å². The zero-order valence-electron chi connectivity index (χ0n) is 14.3. The fraction of sp³-hybridized carbons (Fsp3) is 0.500. The molecule has 1 saturated heterocycles. The Hall–Kier alpha value is -2.25.